The summed E-state index contributed by atoms with van der Waals surface area (Å²) < 4.78 is 0. The summed E-state index contributed by atoms with van der Waals surface area (Å²) >= 11 is 0. The standard InChI is InChI=1S/C18H34N4O/c1-14-9-7-8-12-16(14)21-18(19-13-17(23)22(2)3)20-15-10-5-4-6-11-15/h14-16H,4-13H2,1-3H3,(H2,19,20,21). The zero-order chi connectivity index (χ0) is 16.7. The number of guanidine groups is 1. The number of aliphatic imine (C=N–C) groups is 1. The molecular weight excluding hydrogens is 288 g/mol. The van der Waals surface area contributed by atoms with Gasteiger partial charge >= 0.3 is 0 Å². The quantitative estimate of drug-likeness (QED) is 0.618. The molecule has 2 fully saturated rings. The average molecular weight is 322 g/mol. The normalized spacial score (nSPS) is 26.7. The van der Waals surface area contributed by atoms with Gasteiger partial charge in [0, 0.05) is 26.2 Å². The Hall–Kier alpha value is -1.26. The minimum absolute atomic E-state index is 0.0476. The summed E-state index contributed by atoms with van der Waals surface area (Å²) in [5.41, 5.74) is 0. The van der Waals surface area contributed by atoms with Crippen LogP contribution in [-0.4, -0.2) is 49.5 Å². The summed E-state index contributed by atoms with van der Waals surface area (Å²) in [5, 5.41) is 7.20. The zero-order valence-corrected chi connectivity index (χ0v) is 15.1. The third-order valence-electron chi connectivity index (χ3n) is 5.25. The number of carbonyl (C=O) groups excluding carboxylic acids is 1. The molecule has 2 N–H and O–H groups in total. The second-order valence-electron chi connectivity index (χ2n) is 7.44. The lowest BCUT2D eigenvalue weighted by Crippen LogP contribution is -2.50. The first-order valence-electron chi connectivity index (χ1n) is 9.34. The van der Waals surface area contributed by atoms with Gasteiger partial charge < -0.3 is 15.5 Å². The molecular formula is C18H34N4O. The second-order valence-corrected chi connectivity index (χ2v) is 7.44. The van der Waals surface area contributed by atoms with E-state index in [1.165, 1.54) is 57.8 Å². The fourth-order valence-electron chi connectivity index (χ4n) is 3.57. The highest BCUT2D eigenvalue weighted by Gasteiger charge is 2.23. The van der Waals surface area contributed by atoms with Crippen LogP contribution in [0.2, 0.25) is 0 Å². The number of hydrogen-bond donors (Lipinski definition) is 2. The van der Waals surface area contributed by atoms with E-state index in [-0.39, 0.29) is 12.5 Å². The molecule has 2 aliphatic rings. The highest BCUT2D eigenvalue weighted by Crippen LogP contribution is 2.24. The zero-order valence-electron chi connectivity index (χ0n) is 15.1. The van der Waals surface area contributed by atoms with Gasteiger partial charge in [-0.2, -0.15) is 0 Å². The third kappa shape index (κ3) is 6.04. The van der Waals surface area contributed by atoms with Gasteiger partial charge in [0.1, 0.15) is 6.54 Å². The van der Waals surface area contributed by atoms with Crippen LogP contribution in [0.4, 0.5) is 0 Å². The van der Waals surface area contributed by atoms with Crippen molar-refractivity contribution in [3.63, 3.8) is 0 Å². The molecule has 5 nitrogen and oxygen atoms in total. The molecule has 0 bridgehead atoms. The van der Waals surface area contributed by atoms with Crippen LogP contribution in [0.15, 0.2) is 4.99 Å². The highest BCUT2D eigenvalue weighted by atomic mass is 16.2. The van der Waals surface area contributed by atoms with Crippen LogP contribution in [0.1, 0.15) is 64.7 Å². The van der Waals surface area contributed by atoms with E-state index in [0.29, 0.717) is 18.0 Å². The van der Waals surface area contributed by atoms with Gasteiger partial charge in [-0.3, -0.25) is 4.79 Å². The van der Waals surface area contributed by atoms with Crippen molar-refractivity contribution in [3.8, 4) is 0 Å². The van der Waals surface area contributed by atoms with E-state index in [4.69, 9.17) is 0 Å². The predicted octanol–water partition coefficient (Wildman–Crippen LogP) is 2.52. The largest absolute Gasteiger partial charge is 0.354 e. The van der Waals surface area contributed by atoms with E-state index in [1.54, 1.807) is 19.0 Å². The Morgan fingerprint density at radius 1 is 1.00 bits per heavy atom. The maximum absolute atomic E-state index is 11.9. The van der Waals surface area contributed by atoms with Crippen LogP contribution in [0, 0.1) is 5.92 Å². The van der Waals surface area contributed by atoms with E-state index in [2.05, 4.69) is 22.5 Å². The Labute approximate surface area is 141 Å². The van der Waals surface area contributed by atoms with Crippen LogP contribution >= 0.6 is 0 Å². The van der Waals surface area contributed by atoms with Crippen molar-refractivity contribution in [2.75, 3.05) is 20.6 Å². The minimum Gasteiger partial charge on any atom is -0.354 e. The molecule has 2 rings (SSSR count). The lowest BCUT2D eigenvalue weighted by atomic mass is 9.86. The fraction of sp³-hybridized carbons (Fsp3) is 0.889. The molecule has 1 amide bonds. The topological polar surface area (TPSA) is 56.7 Å². The Morgan fingerprint density at radius 2 is 1.65 bits per heavy atom. The van der Waals surface area contributed by atoms with Crippen LogP contribution in [0.25, 0.3) is 0 Å². The molecule has 2 saturated carbocycles. The number of hydrogen-bond acceptors (Lipinski definition) is 2. The van der Waals surface area contributed by atoms with Gasteiger partial charge in [-0.25, -0.2) is 4.99 Å². The molecule has 5 heteroatoms. The Bertz CT molecular complexity index is 402. The molecule has 0 saturated heterocycles. The number of rotatable bonds is 4. The van der Waals surface area contributed by atoms with Gasteiger partial charge in [-0.1, -0.05) is 39.0 Å². The van der Waals surface area contributed by atoms with Crippen molar-refractivity contribution < 1.29 is 4.79 Å². The van der Waals surface area contributed by atoms with Crippen LogP contribution in [0.3, 0.4) is 0 Å². The van der Waals surface area contributed by atoms with Crippen LogP contribution < -0.4 is 10.6 Å². The SMILES string of the molecule is CC1CCCCC1NC(=NCC(=O)N(C)C)NC1CCCCC1. The number of likely N-dealkylation sites (N-methyl/N-ethyl adjacent to an activating group) is 1. The van der Waals surface area contributed by atoms with Crippen molar-refractivity contribution in [1.82, 2.24) is 15.5 Å². The summed E-state index contributed by atoms with van der Waals surface area (Å²) in [6, 6.07) is 0.983. The van der Waals surface area contributed by atoms with Crippen molar-refractivity contribution in [2.45, 2.75) is 76.8 Å². The fourth-order valence-corrected chi connectivity index (χ4v) is 3.57. The maximum atomic E-state index is 11.9. The van der Waals surface area contributed by atoms with E-state index in [1.807, 2.05) is 0 Å². The summed E-state index contributed by atoms with van der Waals surface area (Å²) in [6.07, 6.45) is 11.5. The monoisotopic (exact) mass is 322 g/mol. The number of amides is 1. The summed E-state index contributed by atoms with van der Waals surface area (Å²) in [6.45, 7) is 2.54. The molecule has 0 aromatic carbocycles. The first-order chi connectivity index (χ1) is 11.1. The molecule has 0 aromatic heterocycles. The Morgan fingerprint density at radius 3 is 2.30 bits per heavy atom. The van der Waals surface area contributed by atoms with Crippen molar-refractivity contribution >= 4 is 11.9 Å². The number of nitrogens with one attached hydrogen (secondary N) is 2. The highest BCUT2D eigenvalue weighted by molar-refractivity contribution is 5.85. The van der Waals surface area contributed by atoms with Gasteiger partial charge in [-0.15, -0.1) is 0 Å². The van der Waals surface area contributed by atoms with E-state index < -0.39 is 0 Å². The molecule has 2 aliphatic carbocycles. The lowest BCUT2D eigenvalue weighted by molar-refractivity contribution is -0.127. The molecule has 2 unspecified atom stereocenters. The van der Waals surface area contributed by atoms with Gasteiger partial charge in [0.2, 0.25) is 5.91 Å². The van der Waals surface area contributed by atoms with Gasteiger partial charge in [-0.05, 0) is 31.6 Å². The average Bonchev–Trinajstić information content (AvgIpc) is 2.55. The van der Waals surface area contributed by atoms with Crippen molar-refractivity contribution in [2.24, 2.45) is 10.9 Å². The smallest absolute Gasteiger partial charge is 0.243 e. The Kier molecular flexibility index (Phi) is 7.18. The van der Waals surface area contributed by atoms with Crippen LogP contribution in [-0.2, 0) is 4.79 Å². The van der Waals surface area contributed by atoms with Gasteiger partial charge in [0.25, 0.3) is 0 Å². The van der Waals surface area contributed by atoms with E-state index in [0.717, 1.165) is 5.96 Å². The summed E-state index contributed by atoms with van der Waals surface area (Å²) in [4.78, 5) is 18.0. The van der Waals surface area contributed by atoms with Crippen molar-refractivity contribution in [3.05, 3.63) is 0 Å². The molecule has 0 aromatic rings. The predicted molar refractivity (Wildman–Crippen MR) is 95.6 cm³/mol. The van der Waals surface area contributed by atoms with Gasteiger partial charge in [0.05, 0.1) is 0 Å². The first-order valence-corrected chi connectivity index (χ1v) is 9.34. The van der Waals surface area contributed by atoms with Crippen molar-refractivity contribution in [1.29, 1.82) is 0 Å². The minimum atomic E-state index is 0.0476. The molecule has 0 spiro atoms. The first kappa shape index (κ1) is 18.1. The molecule has 132 valence electrons. The van der Waals surface area contributed by atoms with Crippen LogP contribution in [0.5, 0.6) is 0 Å². The Balaban J connectivity index is 1.97. The second kappa shape index (κ2) is 9.14. The summed E-state index contributed by atoms with van der Waals surface area (Å²) in [5.74, 6) is 1.56. The number of carbonyl (C=O) groups is 1. The third-order valence-corrected chi connectivity index (χ3v) is 5.25. The maximum Gasteiger partial charge on any atom is 0.243 e. The molecule has 0 aliphatic heterocycles. The molecule has 2 atom stereocenters. The molecule has 0 heterocycles. The van der Waals surface area contributed by atoms with E-state index in [9.17, 15) is 4.79 Å². The molecule has 0 radical (unpaired) electrons. The van der Waals surface area contributed by atoms with Gasteiger partial charge in [0.15, 0.2) is 5.96 Å². The van der Waals surface area contributed by atoms with E-state index >= 15 is 0 Å². The summed E-state index contributed by atoms with van der Waals surface area (Å²) in [7, 11) is 3.56. The lowest BCUT2D eigenvalue weighted by Gasteiger charge is -2.33. The molecule has 23 heavy (non-hydrogen) atoms. The number of nitrogens with zero attached hydrogens (tertiary/aromatic N) is 2.